The molecule has 0 unspecified atom stereocenters. The second kappa shape index (κ2) is 7.67. The molecule has 0 fully saturated rings. The molecule has 25 heavy (non-hydrogen) atoms. The molecule has 3 N–H and O–H groups in total. The zero-order chi connectivity index (χ0) is 17.6. The Labute approximate surface area is 144 Å². The minimum absolute atomic E-state index is 0.0490. The molecule has 130 valence electrons. The van der Waals surface area contributed by atoms with Crippen molar-refractivity contribution in [2.24, 2.45) is 0 Å². The van der Waals surface area contributed by atoms with E-state index in [2.05, 4.69) is 15.8 Å². The molecule has 1 atom stereocenters. The van der Waals surface area contributed by atoms with E-state index < -0.39 is 12.1 Å². The Morgan fingerprint density at radius 2 is 2.08 bits per heavy atom. The van der Waals surface area contributed by atoms with Crippen molar-refractivity contribution < 1.29 is 19.2 Å². The van der Waals surface area contributed by atoms with Crippen LogP contribution in [0.3, 0.4) is 0 Å². The fourth-order valence-electron chi connectivity index (χ4n) is 2.36. The molecule has 0 saturated heterocycles. The number of nitrogens with one attached hydrogen (secondary N) is 2. The number of ether oxygens (including phenoxy) is 1. The van der Waals surface area contributed by atoms with Gasteiger partial charge in [-0.25, -0.2) is 4.79 Å². The summed E-state index contributed by atoms with van der Waals surface area (Å²) in [5.41, 5.74) is 0. The smallest absolute Gasteiger partial charge is 0.320 e. The molecule has 0 radical (unpaired) electrons. The van der Waals surface area contributed by atoms with Gasteiger partial charge in [0.25, 0.3) is 0 Å². The summed E-state index contributed by atoms with van der Waals surface area (Å²) in [6.07, 6.45) is -0.844. The van der Waals surface area contributed by atoms with Crippen LogP contribution in [0.25, 0.3) is 10.8 Å². The Bertz CT molecular complexity index is 857. The van der Waals surface area contributed by atoms with E-state index in [1.807, 2.05) is 42.5 Å². The molecule has 0 aliphatic rings. The Balaban J connectivity index is 1.47. The summed E-state index contributed by atoms with van der Waals surface area (Å²) in [5, 5.41) is 20.8. The second-order valence-corrected chi connectivity index (χ2v) is 5.60. The number of hydrogen-bond donors (Lipinski definition) is 3. The lowest BCUT2D eigenvalue weighted by Gasteiger charge is -2.14. The summed E-state index contributed by atoms with van der Waals surface area (Å²) < 4.78 is 10.5. The lowest BCUT2D eigenvalue weighted by molar-refractivity contribution is 0.109. The van der Waals surface area contributed by atoms with Crippen molar-refractivity contribution in [2.75, 3.05) is 18.5 Å². The summed E-state index contributed by atoms with van der Waals surface area (Å²) in [6.45, 7) is 1.84. The van der Waals surface area contributed by atoms with Crippen molar-refractivity contribution in [3.63, 3.8) is 0 Å². The van der Waals surface area contributed by atoms with Gasteiger partial charge >= 0.3 is 6.03 Å². The third-order valence-corrected chi connectivity index (χ3v) is 3.55. The van der Waals surface area contributed by atoms with Crippen molar-refractivity contribution in [1.82, 2.24) is 10.5 Å². The van der Waals surface area contributed by atoms with Gasteiger partial charge < -0.3 is 19.7 Å². The molecule has 7 nitrogen and oxygen atoms in total. The third kappa shape index (κ3) is 4.48. The summed E-state index contributed by atoms with van der Waals surface area (Å²) in [7, 11) is 0. The molecule has 3 aromatic rings. The van der Waals surface area contributed by atoms with E-state index in [0.717, 1.165) is 10.8 Å². The maximum absolute atomic E-state index is 11.7. The highest BCUT2D eigenvalue weighted by Crippen LogP contribution is 2.25. The highest BCUT2D eigenvalue weighted by Gasteiger charge is 2.10. The molecule has 1 heterocycles. The fourth-order valence-corrected chi connectivity index (χ4v) is 2.36. The molecule has 0 saturated carbocycles. The summed E-state index contributed by atoms with van der Waals surface area (Å²) in [4.78, 5) is 11.7. The summed E-state index contributed by atoms with van der Waals surface area (Å²) in [5.74, 6) is 1.61. The van der Waals surface area contributed by atoms with E-state index in [1.54, 1.807) is 13.0 Å². The standard InChI is InChI=1S/C18H19N3O4/c1-12-9-17(21-25-12)20-18(23)19-10-14(22)11-24-16-8-4-6-13-5-2-3-7-15(13)16/h2-9,14,22H,10-11H2,1H3,(H2,19,20,21,23)/t14-/m0/s1. The number of aliphatic hydroxyl groups excluding tert-OH is 1. The van der Waals surface area contributed by atoms with Gasteiger partial charge in [0.15, 0.2) is 5.82 Å². The van der Waals surface area contributed by atoms with Crippen LogP contribution in [0.2, 0.25) is 0 Å². The molecule has 0 aliphatic carbocycles. The van der Waals surface area contributed by atoms with E-state index in [-0.39, 0.29) is 13.2 Å². The zero-order valence-corrected chi connectivity index (χ0v) is 13.7. The first-order valence-corrected chi connectivity index (χ1v) is 7.88. The number of aryl methyl sites for hydroxylation is 1. The van der Waals surface area contributed by atoms with E-state index in [0.29, 0.717) is 17.3 Å². The number of rotatable bonds is 6. The van der Waals surface area contributed by atoms with Crippen LogP contribution in [0.15, 0.2) is 53.1 Å². The first-order chi connectivity index (χ1) is 12.1. The molecule has 7 heteroatoms. The molecular weight excluding hydrogens is 322 g/mol. The predicted molar refractivity (Wildman–Crippen MR) is 93.7 cm³/mol. The Kier molecular flexibility index (Phi) is 5.15. The van der Waals surface area contributed by atoms with Crippen molar-refractivity contribution in [2.45, 2.75) is 13.0 Å². The van der Waals surface area contributed by atoms with Gasteiger partial charge in [0.05, 0.1) is 0 Å². The Hall–Kier alpha value is -3.06. The van der Waals surface area contributed by atoms with Crippen LogP contribution in [0.1, 0.15) is 5.76 Å². The van der Waals surface area contributed by atoms with Crippen LogP contribution in [-0.2, 0) is 0 Å². The normalized spacial score (nSPS) is 11.9. The number of nitrogens with zero attached hydrogens (tertiary/aromatic N) is 1. The Morgan fingerprint density at radius 1 is 1.28 bits per heavy atom. The van der Waals surface area contributed by atoms with E-state index in [9.17, 15) is 9.90 Å². The molecule has 2 aromatic carbocycles. The number of carbonyl (C=O) groups is 1. The van der Waals surface area contributed by atoms with Gasteiger partial charge in [0, 0.05) is 18.0 Å². The van der Waals surface area contributed by atoms with Crippen LogP contribution < -0.4 is 15.4 Å². The summed E-state index contributed by atoms with van der Waals surface area (Å²) >= 11 is 0. The van der Waals surface area contributed by atoms with Crippen molar-refractivity contribution in [3.05, 3.63) is 54.3 Å². The zero-order valence-electron chi connectivity index (χ0n) is 13.7. The van der Waals surface area contributed by atoms with Crippen LogP contribution in [0, 0.1) is 6.92 Å². The number of anilines is 1. The summed E-state index contributed by atoms with van der Waals surface area (Å²) in [6, 6.07) is 14.7. The van der Waals surface area contributed by atoms with Crippen molar-refractivity contribution >= 4 is 22.6 Å². The first kappa shape index (κ1) is 16.8. The number of aliphatic hydroxyl groups is 1. The quantitative estimate of drug-likeness (QED) is 0.640. The number of carbonyl (C=O) groups excluding carboxylic acids is 1. The first-order valence-electron chi connectivity index (χ1n) is 7.88. The number of aromatic nitrogens is 1. The van der Waals surface area contributed by atoms with Gasteiger partial charge in [0.2, 0.25) is 0 Å². The molecule has 0 aliphatic heterocycles. The SMILES string of the molecule is Cc1cc(NC(=O)NC[C@H](O)COc2cccc3ccccc23)no1. The van der Waals surface area contributed by atoms with Crippen LogP contribution in [0.4, 0.5) is 10.6 Å². The lowest BCUT2D eigenvalue weighted by atomic mass is 10.1. The molecular formula is C18H19N3O4. The van der Waals surface area contributed by atoms with Gasteiger partial charge in [-0.2, -0.15) is 0 Å². The van der Waals surface area contributed by atoms with E-state index >= 15 is 0 Å². The minimum atomic E-state index is -0.844. The van der Waals surface area contributed by atoms with Gasteiger partial charge in [-0.15, -0.1) is 0 Å². The number of fused-ring (bicyclic) bond motifs is 1. The van der Waals surface area contributed by atoms with E-state index in [1.165, 1.54) is 0 Å². The fraction of sp³-hybridized carbons (Fsp3) is 0.222. The molecule has 2 amide bonds. The average Bonchev–Trinajstić information content (AvgIpc) is 3.02. The van der Waals surface area contributed by atoms with E-state index in [4.69, 9.17) is 9.26 Å². The number of urea groups is 1. The van der Waals surface area contributed by atoms with Gasteiger partial charge in [-0.1, -0.05) is 41.6 Å². The molecule has 0 bridgehead atoms. The van der Waals surface area contributed by atoms with Crippen molar-refractivity contribution in [3.8, 4) is 5.75 Å². The van der Waals surface area contributed by atoms with Crippen LogP contribution in [0.5, 0.6) is 5.75 Å². The van der Waals surface area contributed by atoms with Crippen LogP contribution >= 0.6 is 0 Å². The topological polar surface area (TPSA) is 96.6 Å². The van der Waals surface area contributed by atoms with Gasteiger partial charge in [-0.05, 0) is 18.4 Å². The van der Waals surface area contributed by atoms with Crippen molar-refractivity contribution in [1.29, 1.82) is 0 Å². The second-order valence-electron chi connectivity index (χ2n) is 5.60. The Morgan fingerprint density at radius 3 is 2.88 bits per heavy atom. The van der Waals surface area contributed by atoms with Gasteiger partial charge in [0.1, 0.15) is 24.2 Å². The molecule has 1 aromatic heterocycles. The predicted octanol–water partition coefficient (Wildman–Crippen LogP) is 2.70. The highest BCUT2D eigenvalue weighted by molar-refractivity contribution is 5.88. The highest BCUT2D eigenvalue weighted by atomic mass is 16.5. The maximum Gasteiger partial charge on any atom is 0.320 e. The van der Waals surface area contributed by atoms with Gasteiger partial charge in [-0.3, -0.25) is 5.32 Å². The maximum atomic E-state index is 11.7. The molecule has 0 spiro atoms. The average molecular weight is 341 g/mol. The minimum Gasteiger partial charge on any atom is -0.490 e. The largest absolute Gasteiger partial charge is 0.490 e. The molecule has 3 rings (SSSR count). The third-order valence-electron chi connectivity index (χ3n) is 3.55. The number of benzene rings is 2. The van der Waals surface area contributed by atoms with Crippen LogP contribution in [-0.4, -0.2) is 35.5 Å². The lowest BCUT2D eigenvalue weighted by Crippen LogP contribution is -2.37. The monoisotopic (exact) mass is 341 g/mol. The number of amides is 2. The number of hydrogen-bond acceptors (Lipinski definition) is 5.